The van der Waals surface area contributed by atoms with Gasteiger partial charge in [0.05, 0.1) is 19.1 Å². The van der Waals surface area contributed by atoms with Crippen LogP contribution in [0.4, 0.5) is 5.69 Å². The zero-order valence-electron chi connectivity index (χ0n) is 11.4. The lowest BCUT2D eigenvalue weighted by molar-refractivity contribution is 0.205. The van der Waals surface area contributed by atoms with E-state index >= 15 is 0 Å². The van der Waals surface area contributed by atoms with Crippen LogP contribution in [-0.2, 0) is 4.74 Å². The van der Waals surface area contributed by atoms with Crippen molar-refractivity contribution in [1.82, 2.24) is 0 Å². The van der Waals surface area contributed by atoms with E-state index in [0.29, 0.717) is 19.6 Å². The highest BCUT2D eigenvalue weighted by Gasteiger charge is 2.10. The van der Waals surface area contributed by atoms with Gasteiger partial charge in [0.1, 0.15) is 0 Å². The smallest absolute Gasteiger partial charge is 0.0640 e. The first kappa shape index (κ1) is 16.0. The number of hydrogen-bond acceptors (Lipinski definition) is 4. The van der Waals surface area contributed by atoms with Gasteiger partial charge >= 0.3 is 0 Å². The first-order chi connectivity index (χ1) is 9.10. The molecule has 4 nitrogen and oxygen atoms in total. The van der Waals surface area contributed by atoms with E-state index in [2.05, 4.69) is 26.9 Å². The molecule has 1 rings (SSSR count). The van der Waals surface area contributed by atoms with Gasteiger partial charge in [0.25, 0.3) is 0 Å². The fourth-order valence-electron chi connectivity index (χ4n) is 1.84. The summed E-state index contributed by atoms with van der Waals surface area (Å²) in [6, 6.07) is 8.28. The van der Waals surface area contributed by atoms with Crippen molar-refractivity contribution in [3.05, 3.63) is 28.2 Å². The van der Waals surface area contributed by atoms with E-state index in [1.807, 2.05) is 25.1 Å². The summed E-state index contributed by atoms with van der Waals surface area (Å²) in [4.78, 5) is 2.14. The zero-order chi connectivity index (χ0) is 14.3. The summed E-state index contributed by atoms with van der Waals surface area (Å²) in [6.45, 7) is 4.06. The van der Waals surface area contributed by atoms with Crippen molar-refractivity contribution in [3.8, 4) is 6.07 Å². The molecule has 2 N–H and O–H groups in total. The molecule has 0 amide bonds. The molecule has 0 heterocycles. The van der Waals surface area contributed by atoms with Gasteiger partial charge in [-0.2, -0.15) is 5.26 Å². The largest absolute Gasteiger partial charge is 0.383 e. The first-order valence-corrected chi connectivity index (χ1v) is 7.05. The van der Waals surface area contributed by atoms with Crippen LogP contribution in [0.25, 0.3) is 0 Å². The quantitative estimate of drug-likeness (QED) is 0.837. The lowest BCUT2D eigenvalue weighted by Gasteiger charge is -2.24. The Morgan fingerprint density at radius 2 is 2.21 bits per heavy atom. The molecule has 0 saturated carbocycles. The van der Waals surface area contributed by atoms with Crippen LogP contribution in [0.3, 0.4) is 0 Å². The van der Waals surface area contributed by atoms with Gasteiger partial charge in [0.15, 0.2) is 0 Å². The van der Waals surface area contributed by atoms with Crippen molar-refractivity contribution in [2.75, 3.05) is 31.7 Å². The van der Waals surface area contributed by atoms with Crippen LogP contribution >= 0.6 is 15.9 Å². The second-order valence-corrected chi connectivity index (χ2v) is 5.24. The van der Waals surface area contributed by atoms with Gasteiger partial charge in [-0.25, -0.2) is 0 Å². The second kappa shape index (κ2) is 8.16. The molecule has 0 fully saturated rings. The lowest BCUT2D eigenvalue weighted by Crippen LogP contribution is -2.28. The Labute approximate surface area is 123 Å². The summed E-state index contributed by atoms with van der Waals surface area (Å²) in [5.74, 6) is 0. The van der Waals surface area contributed by atoms with Crippen LogP contribution in [0.5, 0.6) is 0 Å². The minimum Gasteiger partial charge on any atom is -0.383 e. The number of nitriles is 1. The number of nitrogens with two attached hydrogens (primary N) is 1. The van der Waals surface area contributed by atoms with E-state index in [1.54, 1.807) is 7.11 Å². The summed E-state index contributed by atoms with van der Waals surface area (Å²) in [5, 5.41) is 8.73. The van der Waals surface area contributed by atoms with E-state index in [4.69, 9.17) is 15.7 Å². The fourth-order valence-corrected chi connectivity index (χ4v) is 2.57. The molecule has 0 spiro atoms. The Balaban J connectivity index is 2.89. The molecule has 0 unspecified atom stereocenters. The lowest BCUT2D eigenvalue weighted by atomic mass is 10.1. The zero-order valence-corrected chi connectivity index (χ0v) is 13.0. The molecule has 0 aliphatic carbocycles. The van der Waals surface area contributed by atoms with Gasteiger partial charge in [-0.3, -0.25) is 0 Å². The predicted molar refractivity (Wildman–Crippen MR) is 81.1 cm³/mol. The van der Waals surface area contributed by atoms with Crippen LogP contribution < -0.4 is 10.6 Å². The SMILES string of the molecule is COCCN(CCC#N)c1ccc([C@H](C)N)c(Br)c1. The van der Waals surface area contributed by atoms with E-state index in [0.717, 1.165) is 22.3 Å². The maximum absolute atomic E-state index is 8.73. The molecule has 0 bridgehead atoms. The van der Waals surface area contributed by atoms with Gasteiger partial charge in [-0.1, -0.05) is 22.0 Å². The van der Waals surface area contributed by atoms with Gasteiger partial charge in [0.2, 0.25) is 0 Å². The van der Waals surface area contributed by atoms with Crippen molar-refractivity contribution < 1.29 is 4.74 Å². The molecule has 0 aliphatic rings. The topological polar surface area (TPSA) is 62.3 Å². The minimum atomic E-state index is -0.00467. The highest BCUT2D eigenvalue weighted by molar-refractivity contribution is 9.10. The summed E-state index contributed by atoms with van der Waals surface area (Å²) >= 11 is 3.55. The van der Waals surface area contributed by atoms with E-state index < -0.39 is 0 Å². The third-order valence-electron chi connectivity index (χ3n) is 2.90. The van der Waals surface area contributed by atoms with Gasteiger partial charge in [-0.05, 0) is 24.6 Å². The van der Waals surface area contributed by atoms with Crippen LogP contribution in [-0.4, -0.2) is 26.8 Å². The van der Waals surface area contributed by atoms with Crippen molar-refractivity contribution >= 4 is 21.6 Å². The molecular weight excluding hydrogens is 306 g/mol. The highest BCUT2D eigenvalue weighted by atomic mass is 79.9. The summed E-state index contributed by atoms with van der Waals surface area (Å²) in [5.41, 5.74) is 8.05. The number of methoxy groups -OCH3 is 1. The number of rotatable bonds is 7. The molecule has 0 radical (unpaired) electrons. The molecule has 1 atom stereocenters. The van der Waals surface area contributed by atoms with Crippen molar-refractivity contribution in [2.45, 2.75) is 19.4 Å². The van der Waals surface area contributed by atoms with Crippen LogP contribution in [0.15, 0.2) is 22.7 Å². The van der Waals surface area contributed by atoms with E-state index in [1.165, 1.54) is 0 Å². The Morgan fingerprint density at radius 1 is 1.47 bits per heavy atom. The van der Waals surface area contributed by atoms with Crippen molar-refractivity contribution in [2.24, 2.45) is 5.73 Å². The molecule has 104 valence electrons. The average molecular weight is 326 g/mol. The maximum atomic E-state index is 8.73. The standard InChI is InChI=1S/C14H20BrN3O/c1-11(17)13-5-4-12(10-14(13)15)18(7-3-6-16)8-9-19-2/h4-5,10-11H,3,7-9,17H2,1-2H3/t11-/m0/s1. The minimum absolute atomic E-state index is 0.00467. The summed E-state index contributed by atoms with van der Waals surface area (Å²) in [6.07, 6.45) is 0.496. The van der Waals surface area contributed by atoms with Crippen molar-refractivity contribution in [1.29, 1.82) is 5.26 Å². The van der Waals surface area contributed by atoms with Crippen LogP contribution in [0.1, 0.15) is 24.9 Å². The second-order valence-electron chi connectivity index (χ2n) is 4.38. The number of halogens is 1. The Morgan fingerprint density at radius 3 is 2.74 bits per heavy atom. The normalized spacial score (nSPS) is 11.9. The fraction of sp³-hybridized carbons (Fsp3) is 0.500. The van der Waals surface area contributed by atoms with Gasteiger partial charge in [-0.15, -0.1) is 0 Å². The van der Waals surface area contributed by atoms with Gasteiger partial charge in [0, 0.05) is 36.4 Å². The molecule has 1 aromatic rings. The number of benzene rings is 1. The van der Waals surface area contributed by atoms with Crippen LogP contribution in [0.2, 0.25) is 0 Å². The summed E-state index contributed by atoms with van der Waals surface area (Å²) < 4.78 is 6.11. The van der Waals surface area contributed by atoms with Gasteiger partial charge < -0.3 is 15.4 Å². The molecule has 0 saturated heterocycles. The van der Waals surface area contributed by atoms with Crippen molar-refractivity contribution in [3.63, 3.8) is 0 Å². The Hall–Kier alpha value is -1.09. The number of anilines is 1. The molecular formula is C14H20BrN3O. The number of nitrogens with zero attached hydrogens (tertiary/aromatic N) is 2. The maximum Gasteiger partial charge on any atom is 0.0640 e. The molecule has 1 aromatic carbocycles. The van der Waals surface area contributed by atoms with Crippen LogP contribution in [0, 0.1) is 11.3 Å². The third-order valence-corrected chi connectivity index (χ3v) is 3.59. The highest BCUT2D eigenvalue weighted by Crippen LogP contribution is 2.27. The van der Waals surface area contributed by atoms with E-state index in [-0.39, 0.29) is 6.04 Å². The molecule has 19 heavy (non-hydrogen) atoms. The monoisotopic (exact) mass is 325 g/mol. The number of ether oxygens (including phenoxy) is 1. The Bertz CT molecular complexity index is 443. The predicted octanol–water partition coefficient (Wildman–Crippen LogP) is 2.84. The molecule has 5 heteroatoms. The molecule has 0 aromatic heterocycles. The Kier molecular flexibility index (Phi) is 6.85. The number of hydrogen-bond donors (Lipinski definition) is 1. The van der Waals surface area contributed by atoms with E-state index in [9.17, 15) is 0 Å². The third kappa shape index (κ3) is 4.83. The summed E-state index contributed by atoms with van der Waals surface area (Å²) in [7, 11) is 1.68. The first-order valence-electron chi connectivity index (χ1n) is 6.26. The average Bonchev–Trinajstić information content (AvgIpc) is 2.38. The molecule has 0 aliphatic heterocycles.